The van der Waals surface area contributed by atoms with E-state index in [1.807, 2.05) is 18.2 Å². The fourth-order valence-electron chi connectivity index (χ4n) is 1.02. The Labute approximate surface area is 147 Å². The zero-order valence-corrected chi connectivity index (χ0v) is 15.2. The smallest absolute Gasteiger partial charge is 0.0477 e. The second kappa shape index (κ2) is 17.5. The van der Waals surface area contributed by atoms with Gasteiger partial charge < -0.3 is 0 Å². The number of hydrogen-bond donors (Lipinski definition) is 0. The maximum Gasteiger partial charge on any atom is 0.0477 e. The maximum absolute atomic E-state index is 5.74. The van der Waals surface area contributed by atoms with Crippen molar-refractivity contribution < 1.29 is 0 Å². The molecule has 0 amide bonds. The van der Waals surface area contributed by atoms with E-state index >= 15 is 0 Å². The standard InChI is InChI=1S/C9H9Cl3.4ClH.Si/c10-4-7-1-2-8(5-11)9(3-7)6-12;;;;;/h1-3H,4-6H2;4*1H;. The van der Waals surface area contributed by atoms with Gasteiger partial charge in [-0.15, -0.1) is 84.4 Å². The van der Waals surface area contributed by atoms with Crippen molar-refractivity contribution in [2.24, 2.45) is 0 Å². The molecule has 0 aliphatic carbocycles. The van der Waals surface area contributed by atoms with Gasteiger partial charge in [-0.05, 0) is 16.7 Å². The molecule has 0 heterocycles. The summed E-state index contributed by atoms with van der Waals surface area (Å²) in [5.74, 6) is 1.52. The largest absolute Gasteiger partial charge is 0.147 e. The molecule has 0 unspecified atom stereocenters. The van der Waals surface area contributed by atoms with E-state index in [0.717, 1.165) is 16.7 Å². The average molecular weight is 397 g/mol. The van der Waals surface area contributed by atoms with E-state index in [1.165, 1.54) is 0 Å². The second-order valence-electron chi connectivity index (χ2n) is 2.50. The molecule has 0 aromatic heterocycles. The second-order valence-corrected chi connectivity index (χ2v) is 3.31. The molecule has 0 nitrogen and oxygen atoms in total. The van der Waals surface area contributed by atoms with Crippen molar-refractivity contribution in [2.75, 3.05) is 0 Å². The molecule has 0 fully saturated rings. The number of hydrogen-bond acceptors (Lipinski definition) is 0. The Bertz CT molecular complexity index is 270. The van der Waals surface area contributed by atoms with Crippen LogP contribution < -0.4 is 0 Å². The highest BCUT2D eigenvalue weighted by Crippen LogP contribution is 2.17. The minimum atomic E-state index is 0. The third-order valence-electron chi connectivity index (χ3n) is 1.71. The number of alkyl halides is 3. The lowest BCUT2D eigenvalue weighted by Crippen LogP contribution is -1.90. The Hall–Kier alpha value is 1.47. The van der Waals surface area contributed by atoms with Crippen LogP contribution in [0.4, 0.5) is 0 Å². The zero-order valence-electron chi connectivity index (χ0n) is 8.62. The molecule has 0 saturated heterocycles. The van der Waals surface area contributed by atoms with E-state index < -0.39 is 0 Å². The topological polar surface area (TPSA) is 0 Å². The summed E-state index contributed by atoms with van der Waals surface area (Å²) in [6, 6.07) is 5.95. The Morgan fingerprint density at radius 2 is 1.18 bits per heavy atom. The molecule has 0 saturated carbocycles. The lowest BCUT2D eigenvalue weighted by molar-refractivity contribution is 1.23. The molecule has 0 aliphatic heterocycles. The summed E-state index contributed by atoms with van der Waals surface area (Å²) in [7, 11) is 0. The molecular weight excluding hydrogens is 384 g/mol. The normalized spacial score (nSPS) is 7.24. The molecule has 0 bridgehead atoms. The predicted molar refractivity (Wildman–Crippen MR) is 89.9 cm³/mol. The third kappa shape index (κ3) is 9.98. The van der Waals surface area contributed by atoms with Gasteiger partial charge in [0.15, 0.2) is 0 Å². The molecule has 4 radical (unpaired) electrons. The van der Waals surface area contributed by atoms with Crippen molar-refractivity contribution in [2.45, 2.75) is 17.6 Å². The molecule has 1 aromatic rings. The summed E-state index contributed by atoms with van der Waals surface area (Å²) in [5, 5.41) is 0. The lowest BCUT2D eigenvalue weighted by Gasteiger charge is -2.04. The van der Waals surface area contributed by atoms with Crippen molar-refractivity contribution >= 4 is 95.4 Å². The highest BCUT2D eigenvalue weighted by atomic mass is 35.5. The van der Waals surface area contributed by atoms with E-state index in [9.17, 15) is 0 Å². The summed E-state index contributed by atoms with van der Waals surface area (Å²) in [6.07, 6.45) is 0. The molecule has 17 heavy (non-hydrogen) atoms. The summed E-state index contributed by atoms with van der Waals surface area (Å²) in [4.78, 5) is 0. The number of rotatable bonds is 3. The Balaban J connectivity index is -0.0000000960. The van der Waals surface area contributed by atoms with Crippen LogP contribution in [-0.2, 0) is 17.6 Å². The number of benzene rings is 1. The fraction of sp³-hybridized carbons (Fsp3) is 0.333. The van der Waals surface area contributed by atoms with E-state index in [0.29, 0.717) is 17.6 Å². The first-order valence-corrected chi connectivity index (χ1v) is 5.20. The molecule has 0 N–H and O–H groups in total. The minimum Gasteiger partial charge on any atom is -0.147 e. The van der Waals surface area contributed by atoms with E-state index in [1.54, 1.807) is 0 Å². The van der Waals surface area contributed by atoms with E-state index in [4.69, 9.17) is 34.8 Å². The van der Waals surface area contributed by atoms with Crippen LogP contribution in [0.25, 0.3) is 0 Å². The van der Waals surface area contributed by atoms with Crippen LogP contribution in [0, 0.1) is 0 Å². The van der Waals surface area contributed by atoms with Crippen LogP contribution in [0.3, 0.4) is 0 Å². The van der Waals surface area contributed by atoms with Gasteiger partial charge in [0.05, 0.1) is 0 Å². The van der Waals surface area contributed by atoms with Gasteiger partial charge in [0.25, 0.3) is 0 Å². The minimum absolute atomic E-state index is 0. The van der Waals surface area contributed by atoms with Gasteiger partial charge >= 0.3 is 0 Å². The van der Waals surface area contributed by atoms with Crippen molar-refractivity contribution in [3.05, 3.63) is 34.9 Å². The molecular formula is C9H13Cl7Si. The van der Waals surface area contributed by atoms with E-state index in [2.05, 4.69) is 0 Å². The highest BCUT2D eigenvalue weighted by molar-refractivity contribution is 6.19. The van der Waals surface area contributed by atoms with Crippen LogP contribution in [0.1, 0.15) is 16.7 Å². The SMILES string of the molecule is Cl.Cl.Cl.Cl.ClCc1ccc(CCl)c(CCl)c1.[Si]. The predicted octanol–water partition coefficient (Wildman–Crippen LogP) is 5.21. The van der Waals surface area contributed by atoms with Crippen LogP contribution in [-0.4, -0.2) is 11.0 Å². The molecule has 1 rings (SSSR count). The van der Waals surface area contributed by atoms with Crippen LogP contribution >= 0.6 is 84.4 Å². The lowest BCUT2D eigenvalue weighted by atomic mass is 10.1. The van der Waals surface area contributed by atoms with Crippen LogP contribution in [0.15, 0.2) is 18.2 Å². The average Bonchev–Trinajstić information content (AvgIpc) is 2.16. The molecule has 102 valence electrons. The highest BCUT2D eigenvalue weighted by Gasteiger charge is 2.00. The number of halogens is 7. The molecule has 8 heteroatoms. The van der Waals surface area contributed by atoms with Crippen molar-refractivity contribution in [3.63, 3.8) is 0 Å². The van der Waals surface area contributed by atoms with Crippen LogP contribution in [0.5, 0.6) is 0 Å². The van der Waals surface area contributed by atoms with Gasteiger partial charge in [0.2, 0.25) is 0 Å². The van der Waals surface area contributed by atoms with Gasteiger partial charge in [-0.3, -0.25) is 0 Å². The summed E-state index contributed by atoms with van der Waals surface area (Å²) in [6.45, 7) is 0. The van der Waals surface area contributed by atoms with Crippen molar-refractivity contribution in [1.82, 2.24) is 0 Å². The van der Waals surface area contributed by atoms with Gasteiger partial charge in [-0.25, -0.2) is 0 Å². The van der Waals surface area contributed by atoms with Gasteiger partial charge in [0.1, 0.15) is 0 Å². The fourth-order valence-corrected chi connectivity index (χ4v) is 1.69. The summed E-state index contributed by atoms with van der Waals surface area (Å²) >= 11 is 17.1. The maximum atomic E-state index is 5.74. The Kier molecular flexibility index (Phi) is 31.9. The molecule has 0 aliphatic rings. The quantitative estimate of drug-likeness (QED) is 0.485. The summed E-state index contributed by atoms with van der Waals surface area (Å²) < 4.78 is 0. The van der Waals surface area contributed by atoms with E-state index in [-0.39, 0.29) is 60.6 Å². The van der Waals surface area contributed by atoms with Gasteiger partial charge in [-0.1, -0.05) is 18.2 Å². The zero-order chi connectivity index (χ0) is 8.97. The van der Waals surface area contributed by atoms with Crippen LogP contribution in [0.2, 0.25) is 0 Å². The third-order valence-corrected chi connectivity index (χ3v) is 2.60. The van der Waals surface area contributed by atoms with Crippen molar-refractivity contribution in [3.8, 4) is 0 Å². The Morgan fingerprint density at radius 3 is 1.53 bits per heavy atom. The first kappa shape index (κ1) is 31.1. The molecule has 0 atom stereocenters. The van der Waals surface area contributed by atoms with Gasteiger partial charge in [-0.2, -0.15) is 0 Å². The molecule has 0 spiro atoms. The van der Waals surface area contributed by atoms with Gasteiger partial charge in [0, 0.05) is 28.6 Å². The Morgan fingerprint density at radius 1 is 0.706 bits per heavy atom. The van der Waals surface area contributed by atoms with Crippen molar-refractivity contribution in [1.29, 1.82) is 0 Å². The first-order valence-electron chi connectivity index (χ1n) is 3.60. The first-order chi connectivity index (χ1) is 5.81. The molecule has 1 aromatic carbocycles. The summed E-state index contributed by atoms with van der Waals surface area (Å²) in [5.41, 5.74) is 3.24. The monoisotopic (exact) mass is 394 g/mol.